The zero-order valence-electron chi connectivity index (χ0n) is 15.7. The molecule has 1 N–H and O–H groups in total. The molecule has 2 aromatic carbocycles. The molecular formula is C23H19NO5. The number of likely N-dealkylation sites (tertiary alicyclic amines) is 1. The van der Waals surface area contributed by atoms with Crippen LogP contribution in [0.25, 0.3) is 5.76 Å². The van der Waals surface area contributed by atoms with Crippen molar-refractivity contribution in [3.8, 4) is 5.75 Å². The first-order valence-electron chi connectivity index (χ1n) is 9.11. The van der Waals surface area contributed by atoms with E-state index in [1.807, 2.05) is 6.07 Å². The standard InChI is InChI=1S/C23H19NO5/c1-28-18-12-6-5-11-17(18)20-19(21(25)15-8-3-2-4-9-15)22(26)23(27)24(20)14-16-10-7-13-29-16/h2-13,20,25H,14H2,1H3/t20-/m1/s1. The number of hydrogen-bond acceptors (Lipinski definition) is 5. The van der Waals surface area contributed by atoms with Crippen LogP contribution in [0.1, 0.15) is 22.9 Å². The molecule has 1 atom stereocenters. The highest BCUT2D eigenvalue weighted by Crippen LogP contribution is 2.43. The van der Waals surface area contributed by atoms with E-state index in [1.54, 1.807) is 60.7 Å². The maximum Gasteiger partial charge on any atom is 0.296 e. The number of benzene rings is 2. The number of nitrogens with zero attached hydrogens (tertiary/aromatic N) is 1. The minimum Gasteiger partial charge on any atom is -0.507 e. The fourth-order valence-corrected chi connectivity index (χ4v) is 3.58. The van der Waals surface area contributed by atoms with Gasteiger partial charge >= 0.3 is 0 Å². The van der Waals surface area contributed by atoms with E-state index in [0.717, 1.165) is 0 Å². The molecule has 29 heavy (non-hydrogen) atoms. The maximum atomic E-state index is 13.0. The summed E-state index contributed by atoms with van der Waals surface area (Å²) in [4.78, 5) is 27.3. The van der Waals surface area contributed by atoms with Crippen molar-refractivity contribution in [3.05, 3.63) is 95.5 Å². The molecule has 0 aliphatic carbocycles. The number of hydrogen-bond donors (Lipinski definition) is 1. The molecule has 2 heterocycles. The molecule has 6 heteroatoms. The molecule has 1 aliphatic rings. The largest absolute Gasteiger partial charge is 0.507 e. The van der Waals surface area contributed by atoms with Crippen LogP contribution in [0.3, 0.4) is 0 Å². The number of methoxy groups -OCH3 is 1. The number of amides is 1. The van der Waals surface area contributed by atoms with Crippen molar-refractivity contribution in [2.24, 2.45) is 0 Å². The number of aliphatic hydroxyl groups excluding tert-OH is 1. The molecule has 0 spiro atoms. The van der Waals surface area contributed by atoms with Crippen molar-refractivity contribution in [3.63, 3.8) is 0 Å². The van der Waals surface area contributed by atoms with Crippen LogP contribution in [-0.4, -0.2) is 28.8 Å². The number of carbonyl (C=O) groups excluding carboxylic acids is 2. The quantitative estimate of drug-likeness (QED) is 0.407. The summed E-state index contributed by atoms with van der Waals surface area (Å²) in [5, 5.41) is 11.0. The molecule has 1 aromatic heterocycles. The molecule has 0 bridgehead atoms. The molecule has 1 amide bonds. The molecule has 0 saturated carbocycles. The van der Waals surface area contributed by atoms with Gasteiger partial charge in [0.25, 0.3) is 11.7 Å². The normalized spacial score (nSPS) is 18.2. The number of ether oxygens (including phenoxy) is 1. The summed E-state index contributed by atoms with van der Waals surface area (Å²) in [5.74, 6) is -0.611. The van der Waals surface area contributed by atoms with Gasteiger partial charge in [0.1, 0.15) is 17.3 Å². The molecule has 0 radical (unpaired) electrons. The van der Waals surface area contributed by atoms with E-state index < -0.39 is 17.7 Å². The Labute approximate surface area is 167 Å². The summed E-state index contributed by atoms with van der Waals surface area (Å²) in [7, 11) is 1.52. The number of ketones is 1. The van der Waals surface area contributed by atoms with E-state index in [4.69, 9.17) is 9.15 Å². The number of aliphatic hydroxyl groups is 1. The van der Waals surface area contributed by atoms with Gasteiger partial charge in [-0.2, -0.15) is 0 Å². The average Bonchev–Trinajstić information content (AvgIpc) is 3.36. The molecule has 1 fully saturated rings. The third-order valence-corrected chi connectivity index (χ3v) is 4.93. The Kier molecular flexibility index (Phi) is 4.91. The Morgan fingerprint density at radius 1 is 1.03 bits per heavy atom. The Hall–Kier alpha value is -3.80. The lowest BCUT2D eigenvalue weighted by atomic mass is 9.94. The van der Waals surface area contributed by atoms with Crippen LogP contribution in [0.4, 0.5) is 0 Å². The van der Waals surface area contributed by atoms with Gasteiger partial charge in [-0.05, 0) is 18.2 Å². The van der Waals surface area contributed by atoms with Crippen molar-refractivity contribution >= 4 is 17.4 Å². The molecule has 1 aliphatic heterocycles. The van der Waals surface area contributed by atoms with Gasteiger partial charge in [-0.1, -0.05) is 48.5 Å². The van der Waals surface area contributed by atoms with Gasteiger partial charge in [-0.15, -0.1) is 0 Å². The second-order valence-corrected chi connectivity index (χ2v) is 6.61. The number of furan rings is 1. The van der Waals surface area contributed by atoms with Gasteiger partial charge in [0.2, 0.25) is 0 Å². The minimum atomic E-state index is -0.809. The van der Waals surface area contributed by atoms with Crippen molar-refractivity contribution < 1.29 is 23.8 Å². The summed E-state index contributed by atoms with van der Waals surface area (Å²) >= 11 is 0. The molecule has 6 nitrogen and oxygen atoms in total. The number of Topliss-reactive ketones (excluding diaryl/α,β-unsaturated/α-hetero) is 1. The first kappa shape index (κ1) is 18.6. The Balaban J connectivity index is 1.91. The summed E-state index contributed by atoms with van der Waals surface area (Å²) < 4.78 is 10.9. The van der Waals surface area contributed by atoms with Crippen molar-refractivity contribution in [1.29, 1.82) is 0 Å². The second-order valence-electron chi connectivity index (χ2n) is 6.61. The van der Waals surface area contributed by atoms with Crippen LogP contribution in [0, 0.1) is 0 Å². The van der Waals surface area contributed by atoms with Gasteiger partial charge in [-0.25, -0.2) is 0 Å². The summed E-state index contributed by atoms with van der Waals surface area (Å²) in [6.45, 7) is 0.0891. The van der Waals surface area contributed by atoms with Crippen LogP contribution in [-0.2, 0) is 16.1 Å². The zero-order valence-corrected chi connectivity index (χ0v) is 15.7. The highest BCUT2D eigenvalue weighted by molar-refractivity contribution is 6.46. The Morgan fingerprint density at radius 2 is 1.76 bits per heavy atom. The lowest BCUT2D eigenvalue weighted by Gasteiger charge is -2.25. The predicted octanol–water partition coefficient (Wildman–Crippen LogP) is 3.91. The summed E-state index contributed by atoms with van der Waals surface area (Å²) in [5.41, 5.74) is 1.10. The van der Waals surface area contributed by atoms with Gasteiger partial charge in [-0.3, -0.25) is 9.59 Å². The van der Waals surface area contributed by atoms with E-state index in [0.29, 0.717) is 22.6 Å². The first-order valence-corrected chi connectivity index (χ1v) is 9.11. The van der Waals surface area contributed by atoms with E-state index in [-0.39, 0.29) is 17.9 Å². The van der Waals surface area contributed by atoms with E-state index in [9.17, 15) is 14.7 Å². The van der Waals surface area contributed by atoms with E-state index in [1.165, 1.54) is 18.3 Å². The van der Waals surface area contributed by atoms with E-state index in [2.05, 4.69) is 0 Å². The number of para-hydroxylation sites is 1. The smallest absolute Gasteiger partial charge is 0.296 e. The van der Waals surface area contributed by atoms with Crippen LogP contribution in [0.15, 0.2) is 83.0 Å². The van der Waals surface area contributed by atoms with Crippen LogP contribution in [0.2, 0.25) is 0 Å². The topological polar surface area (TPSA) is 80.0 Å². The SMILES string of the molecule is COc1ccccc1[C@@H]1C(=C(O)c2ccccc2)C(=O)C(=O)N1Cc1ccco1. The summed E-state index contributed by atoms with van der Waals surface area (Å²) in [6, 6.07) is 18.5. The molecule has 1 saturated heterocycles. The molecule has 0 unspecified atom stereocenters. The summed E-state index contributed by atoms with van der Waals surface area (Å²) in [6.07, 6.45) is 1.51. The van der Waals surface area contributed by atoms with Crippen LogP contribution < -0.4 is 4.74 Å². The van der Waals surface area contributed by atoms with Gasteiger partial charge in [0, 0.05) is 11.1 Å². The molecular weight excluding hydrogens is 370 g/mol. The lowest BCUT2D eigenvalue weighted by molar-refractivity contribution is -0.140. The first-order chi connectivity index (χ1) is 14.1. The lowest BCUT2D eigenvalue weighted by Crippen LogP contribution is -2.29. The van der Waals surface area contributed by atoms with Crippen molar-refractivity contribution in [2.75, 3.05) is 7.11 Å². The van der Waals surface area contributed by atoms with Crippen LogP contribution >= 0.6 is 0 Å². The molecule has 3 aromatic rings. The second kappa shape index (κ2) is 7.67. The monoisotopic (exact) mass is 389 g/mol. The highest BCUT2D eigenvalue weighted by atomic mass is 16.5. The Bertz CT molecular complexity index is 1070. The van der Waals surface area contributed by atoms with E-state index >= 15 is 0 Å². The fraction of sp³-hybridized carbons (Fsp3) is 0.130. The average molecular weight is 389 g/mol. The van der Waals surface area contributed by atoms with Crippen molar-refractivity contribution in [1.82, 2.24) is 4.90 Å². The zero-order chi connectivity index (χ0) is 20.4. The molecule has 4 rings (SSSR count). The fourth-order valence-electron chi connectivity index (χ4n) is 3.58. The number of carbonyl (C=O) groups is 2. The van der Waals surface area contributed by atoms with Gasteiger partial charge < -0.3 is 19.2 Å². The highest BCUT2D eigenvalue weighted by Gasteiger charge is 2.47. The third kappa shape index (κ3) is 3.29. The van der Waals surface area contributed by atoms with Gasteiger partial charge in [0.15, 0.2) is 0 Å². The number of rotatable bonds is 5. The van der Waals surface area contributed by atoms with Gasteiger partial charge in [0.05, 0.1) is 31.5 Å². The Morgan fingerprint density at radius 3 is 2.45 bits per heavy atom. The predicted molar refractivity (Wildman–Crippen MR) is 106 cm³/mol. The van der Waals surface area contributed by atoms with Crippen LogP contribution in [0.5, 0.6) is 5.75 Å². The third-order valence-electron chi connectivity index (χ3n) is 4.93. The molecule has 146 valence electrons. The maximum absolute atomic E-state index is 13.0. The minimum absolute atomic E-state index is 0.0252. The van der Waals surface area contributed by atoms with Crippen molar-refractivity contribution in [2.45, 2.75) is 12.6 Å².